The van der Waals surface area contributed by atoms with Crippen LogP contribution in [0.2, 0.25) is 0 Å². The second kappa shape index (κ2) is 6.60. The molecule has 0 N–H and O–H groups in total. The average molecular weight is 310 g/mol. The fourth-order valence-electron chi connectivity index (χ4n) is 2.39. The van der Waals surface area contributed by atoms with Gasteiger partial charge in [-0.15, -0.1) is 0 Å². The number of nitrogens with zero attached hydrogens (tertiary/aromatic N) is 2. The van der Waals surface area contributed by atoms with E-state index in [1.807, 2.05) is 32.0 Å². The van der Waals surface area contributed by atoms with Gasteiger partial charge < -0.3 is 9.15 Å². The Morgan fingerprint density at radius 1 is 1.22 bits per heavy atom. The first-order valence-corrected chi connectivity index (χ1v) is 7.75. The summed E-state index contributed by atoms with van der Waals surface area (Å²) in [4.78, 5) is 20.7. The molecule has 0 aliphatic heterocycles. The SMILES string of the molecule is CCC(CC)C(=O)Oc1ccc2nc(-c3ccccn3)oc2c1. The van der Waals surface area contributed by atoms with E-state index in [4.69, 9.17) is 9.15 Å². The smallest absolute Gasteiger partial charge is 0.314 e. The van der Waals surface area contributed by atoms with Crippen molar-refractivity contribution in [1.29, 1.82) is 0 Å². The van der Waals surface area contributed by atoms with E-state index in [-0.39, 0.29) is 11.9 Å². The van der Waals surface area contributed by atoms with Crippen LogP contribution >= 0.6 is 0 Å². The van der Waals surface area contributed by atoms with E-state index in [1.54, 1.807) is 24.4 Å². The van der Waals surface area contributed by atoms with Crippen molar-refractivity contribution in [3.63, 3.8) is 0 Å². The zero-order valence-electron chi connectivity index (χ0n) is 13.2. The number of carbonyl (C=O) groups is 1. The molecule has 0 spiro atoms. The number of hydrogen-bond acceptors (Lipinski definition) is 5. The third kappa shape index (κ3) is 3.23. The Morgan fingerprint density at radius 3 is 2.74 bits per heavy atom. The molecule has 0 aliphatic carbocycles. The molecule has 118 valence electrons. The van der Waals surface area contributed by atoms with Gasteiger partial charge in [0, 0.05) is 12.3 Å². The lowest BCUT2D eigenvalue weighted by molar-refractivity contribution is -0.139. The molecule has 3 rings (SSSR count). The predicted molar refractivity (Wildman–Crippen MR) is 86.9 cm³/mol. The van der Waals surface area contributed by atoms with Crippen molar-refractivity contribution < 1.29 is 13.9 Å². The number of rotatable bonds is 5. The highest BCUT2D eigenvalue weighted by atomic mass is 16.5. The molecular formula is C18H18N2O3. The van der Waals surface area contributed by atoms with E-state index in [0.717, 1.165) is 12.8 Å². The molecule has 0 unspecified atom stereocenters. The lowest BCUT2D eigenvalue weighted by Gasteiger charge is -2.11. The van der Waals surface area contributed by atoms with Crippen LogP contribution in [-0.2, 0) is 4.79 Å². The Labute approximate surface area is 134 Å². The molecule has 0 saturated carbocycles. The molecule has 0 bridgehead atoms. The van der Waals surface area contributed by atoms with E-state index in [1.165, 1.54) is 0 Å². The molecule has 2 aromatic heterocycles. The first-order chi connectivity index (χ1) is 11.2. The van der Waals surface area contributed by atoms with Gasteiger partial charge in [-0.2, -0.15) is 0 Å². The number of hydrogen-bond donors (Lipinski definition) is 0. The number of esters is 1. The Balaban J connectivity index is 1.86. The van der Waals surface area contributed by atoms with Crippen LogP contribution in [0, 0.1) is 5.92 Å². The molecule has 0 aliphatic rings. The largest absolute Gasteiger partial charge is 0.435 e. The summed E-state index contributed by atoms with van der Waals surface area (Å²) in [5, 5.41) is 0. The minimum absolute atomic E-state index is 0.0792. The van der Waals surface area contributed by atoms with Gasteiger partial charge in [0.2, 0.25) is 5.89 Å². The fourth-order valence-corrected chi connectivity index (χ4v) is 2.39. The molecule has 0 radical (unpaired) electrons. The molecule has 0 atom stereocenters. The van der Waals surface area contributed by atoms with Crippen molar-refractivity contribution in [1.82, 2.24) is 9.97 Å². The highest BCUT2D eigenvalue weighted by molar-refractivity contribution is 5.80. The van der Waals surface area contributed by atoms with Crippen LogP contribution in [0.25, 0.3) is 22.7 Å². The summed E-state index contributed by atoms with van der Waals surface area (Å²) in [6.45, 7) is 3.96. The van der Waals surface area contributed by atoms with Crippen molar-refractivity contribution in [2.45, 2.75) is 26.7 Å². The van der Waals surface area contributed by atoms with Crippen LogP contribution in [0.15, 0.2) is 47.0 Å². The van der Waals surface area contributed by atoms with Gasteiger partial charge in [-0.1, -0.05) is 19.9 Å². The Bertz CT molecular complexity index is 808. The standard InChI is InChI=1S/C18H18N2O3/c1-3-12(4-2)18(21)22-13-8-9-14-16(11-13)23-17(20-14)15-7-5-6-10-19-15/h5-12H,3-4H2,1-2H3. The third-order valence-corrected chi connectivity index (χ3v) is 3.78. The molecule has 0 amide bonds. The lowest BCUT2D eigenvalue weighted by atomic mass is 10.0. The Kier molecular flexibility index (Phi) is 4.37. The topological polar surface area (TPSA) is 65.2 Å². The molecule has 1 aromatic carbocycles. The summed E-state index contributed by atoms with van der Waals surface area (Å²) >= 11 is 0. The van der Waals surface area contributed by atoms with Crippen molar-refractivity contribution in [2.75, 3.05) is 0 Å². The first-order valence-electron chi connectivity index (χ1n) is 7.75. The van der Waals surface area contributed by atoms with Crippen LogP contribution < -0.4 is 4.74 Å². The van der Waals surface area contributed by atoms with Crippen LogP contribution in [-0.4, -0.2) is 15.9 Å². The summed E-state index contributed by atoms with van der Waals surface area (Å²) in [7, 11) is 0. The highest BCUT2D eigenvalue weighted by Gasteiger charge is 2.17. The predicted octanol–water partition coefficient (Wildman–Crippen LogP) is 4.23. The van der Waals surface area contributed by atoms with E-state index in [0.29, 0.717) is 28.4 Å². The monoisotopic (exact) mass is 310 g/mol. The molecule has 3 aromatic rings. The van der Waals surface area contributed by atoms with Gasteiger partial charge in [-0.3, -0.25) is 9.78 Å². The Morgan fingerprint density at radius 2 is 2.04 bits per heavy atom. The normalized spacial score (nSPS) is 11.1. The van der Waals surface area contributed by atoms with Crippen molar-refractivity contribution in [3.8, 4) is 17.3 Å². The molecule has 0 fully saturated rings. The molecule has 2 heterocycles. The minimum Gasteiger partial charge on any atom is -0.435 e. The quantitative estimate of drug-likeness (QED) is 0.521. The zero-order valence-corrected chi connectivity index (χ0v) is 13.2. The highest BCUT2D eigenvalue weighted by Crippen LogP contribution is 2.26. The zero-order chi connectivity index (χ0) is 16.2. The molecule has 5 heteroatoms. The van der Waals surface area contributed by atoms with Crippen LogP contribution in [0.3, 0.4) is 0 Å². The van der Waals surface area contributed by atoms with Crippen molar-refractivity contribution in [3.05, 3.63) is 42.6 Å². The maximum absolute atomic E-state index is 12.1. The summed E-state index contributed by atoms with van der Waals surface area (Å²) in [5.41, 5.74) is 1.94. The number of benzene rings is 1. The van der Waals surface area contributed by atoms with E-state index >= 15 is 0 Å². The number of pyridine rings is 1. The molecule has 23 heavy (non-hydrogen) atoms. The number of ether oxygens (including phenoxy) is 1. The Hall–Kier alpha value is -2.69. The van der Waals surface area contributed by atoms with E-state index in [2.05, 4.69) is 9.97 Å². The van der Waals surface area contributed by atoms with Gasteiger partial charge >= 0.3 is 5.97 Å². The van der Waals surface area contributed by atoms with E-state index in [9.17, 15) is 4.79 Å². The van der Waals surface area contributed by atoms with Gasteiger partial charge in [0.25, 0.3) is 0 Å². The van der Waals surface area contributed by atoms with Crippen LogP contribution in [0.5, 0.6) is 5.75 Å². The van der Waals surface area contributed by atoms with Crippen molar-refractivity contribution >= 4 is 17.1 Å². The third-order valence-electron chi connectivity index (χ3n) is 3.78. The maximum atomic E-state index is 12.1. The summed E-state index contributed by atoms with van der Waals surface area (Å²) in [5.74, 6) is 0.630. The molecule has 5 nitrogen and oxygen atoms in total. The summed E-state index contributed by atoms with van der Waals surface area (Å²) in [6, 6.07) is 10.7. The second-order valence-electron chi connectivity index (χ2n) is 5.30. The number of oxazole rings is 1. The summed E-state index contributed by atoms with van der Waals surface area (Å²) in [6.07, 6.45) is 3.22. The molecule has 0 saturated heterocycles. The van der Waals surface area contributed by atoms with Gasteiger partial charge in [0.05, 0.1) is 5.92 Å². The number of fused-ring (bicyclic) bond motifs is 1. The maximum Gasteiger partial charge on any atom is 0.314 e. The van der Waals surface area contributed by atoms with Gasteiger partial charge in [0.1, 0.15) is 17.0 Å². The fraction of sp³-hybridized carbons (Fsp3) is 0.278. The van der Waals surface area contributed by atoms with Gasteiger partial charge in [-0.25, -0.2) is 4.98 Å². The van der Waals surface area contributed by atoms with Crippen LogP contribution in [0.4, 0.5) is 0 Å². The summed E-state index contributed by atoms with van der Waals surface area (Å²) < 4.78 is 11.2. The first kappa shape index (κ1) is 15.2. The van der Waals surface area contributed by atoms with E-state index < -0.39 is 0 Å². The average Bonchev–Trinajstić information content (AvgIpc) is 3.00. The molecular weight excluding hydrogens is 292 g/mol. The second-order valence-corrected chi connectivity index (χ2v) is 5.30. The van der Waals surface area contributed by atoms with Crippen molar-refractivity contribution in [2.24, 2.45) is 5.92 Å². The van der Waals surface area contributed by atoms with Gasteiger partial charge in [-0.05, 0) is 37.1 Å². The lowest BCUT2D eigenvalue weighted by Crippen LogP contribution is -2.19. The minimum atomic E-state index is -0.209. The number of carbonyl (C=O) groups excluding carboxylic acids is 1. The number of aromatic nitrogens is 2. The van der Waals surface area contributed by atoms with Crippen LogP contribution in [0.1, 0.15) is 26.7 Å². The van der Waals surface area contributed by atoms with Gasteiger partial charge in [0.15, 0.2) is 5.58 Å².